The second-order valence-electron chi connectivity index (χ2n) is 6.94. The van der Waals surface area contributed by atoms with Crippen LogP contribution in [0.1, 0.15) is 56.3 Å². The maximum atomic E-state index is 12.0. The first-order valence-electron chi connectivity index (χ1n) is 7.91. The summed E-state index contributed by atoms with van der Waals surface area (Å²) in [5.74, 6) is -0.729. The molecule has 0 aromatic carbocycles. The Bertz CT molecular complexity index is 553. The van der Waals surface area contributed by atoms with Gasteiger partial charge in [0.05, 0.1) is 5.69 Å². The zero-order valence-electron chi connectivity index (χ0n) is 13.9. The fraction of sp³-hybridized carbons (Fsp3) is 0.688. The Balaban J connectivity index is 1.74. The number of carboxylic acids is 1. The number of rotatable bonds is 4. The summed E-state index contributed by atoms with van der Waals surface area (Å²) in [7, 11) is 0. The highest BCUT2D eigenvalue weighted by Gasteiger charge is 2.26. The van der Waals surface area contributed by atoms with Crippen molar-refractivity contribution in [2.24, 2.45) is 5.92 Å². The van der Waals surface area contributed by atoms with Crippen LogP contribution in [0, 0.1) is 5.92 Å². The molecule has 2 rings (SSSR count). The molecule has 1 fully saturated rings. The summed E-state index contributed by atoms with van der Waals surface area (Å²) in [6.45, 7) is 6.97. The number of aromatic nitrogens is 1. The lowest BCUT2D eigenvalue weighted by atomic mass is 9.92. The third-order valence-corrected chi connectivity index (χ3v) is 3.84. The number of carbonyl (C=O) groups excluding carboxylic acids is 1. The lowest BCUT2D eigenvalue weighted by Crippen LogP contribution is -2.41. The number of hydrogen-bond acceptors (Lipinski definition) is 5. The molecule has 128 valence electrons. The molecular formula is C16H24N2O5. The van der Waals surface area contributed by atoms with Gasteiger partial charge in [-0.1, -0.05) is 5.16 Å². The van der Waals surface area contributed by atoms with Crippen LogP contribution < -0.4 is 0 Å². The molecule has 0 saturated carbocycles. The fourth-order valence-corrected chi connectivity index (χ4v) is 2.61. The zero-order valence-corrected chi connectivity index (χ0v) is 13.9. The van der Waals surface area contributed by atoms with Crippen LogP contribution in [0.4, 0.5) is 4.79 Å². The first-order chi connectivity index (χ1) is 10.7. The quantitative estimate of drug-likeness (QED) is 0.915. The van der Waals surface area contributed by atoms with Crippen LogP contribution >= 0.6 is 0 Å². The van der Waals surface area contributed by atoms with Crippen molar-refractivity contribution < 1.29 is 24.0 Å². The van der Waals surface area contributed by atoms with E-state index in [9.17, 15) is 9.59 Å². The fourth-order valence-electron chi connectivity index (χ4n) is 2.61. The Kier molecular flexibility index (Phi) is 5.28. The number of aromatic carboxylic acids is 1. The van der Waals surface area contributed by atoms with E-state index in [1.165, 1.54) is 6.07 Å². The average molecular weight is 324 g/mol. The van der Waals surface area contributed by atoms with E-state index in [0.29, 0.717) is 31.1 Å². The Labute approximate surface area is 135 Å². The van der Waals surface area contributed by atoms with Crippen molar-refractivity contribution in [1.29, 1.82) is 0 Å². The van der Waals surface area contributed by atoms with Crippen molar-refractivity contribution in [3.63, 3.8) is 0 Å². The second kappa shape index (κ2) is 7.02. The molecule has 1 saturated heterocycles. The van der Waals surface area contributed by atoms with E-state index in [1.807, 2.05) is 20.8 Å². The number of nitrogens with zero attached hydrogens (tertiary/aromatic N) is 2. The molecule has 1 aliphatic rings. The predicted octanol–water partition coefficient (Wildman–Crippen LogP) is 2.95. The number of likely N-dealkylation sites (tertiary alicyclic amines) is 1. The zero-order chi connectivity index (χ0) is 17.0. The molecule has 1 aromatic heterocycles. The largest absolute Gasteiger partial charge is 0.475 e. The summed E-state index contributed by atoms with van der Waals surface area (Å²) in [5, 5.41) is 12.6. The molecule has 0 spiro atoms. The molecule has 7 heteroatoms. The molecule has 2 heterocycles. The van der Waals surface area contributed by atoms with Crippen LogP contribution in [0.25, 0.3) is 0 Å². The molecule has 7 nitrogen and oxygen atoms in total. The van der Waals surface area contributed by atoms with E-state index in [2.05, 4.69) is 5.16 Å². The minimum Gasteiger partial charge on any atom is -0.475 e. The highest BCUT2D eigenvalue weighted by molar-refractivity contribution is 5.84. The number of carboxylic acid groups (broad SMARTS) is 1. The minimum atomic E-state index is -1.10. The molecule has 0 aliphatic carbocycles. The van der Waals surface area contributed by atoms with Crippen LogP contribution in [-0.4, -0.2) is 45.9 Å². The van der Waals surface area contributed by atoms with Gasteiger partial charge in [0.2, 0.25) is 5.76 Å². The van der Waals surface area contributed by atoms with Gasteiger partial charge in [0, 0.05) is 19.2 Å². The minimum absolute atomic E-state index is 0.125. The second-order valence-corrected chi connectivity index (χ2v) is 6.94. The predicted molar refractivity (Wildman–Crippen MR) is 82.3 cm³/mol. The van der Waals surface area contributed by atoms with Gasteiger partial charge in [-0.25, -0.2) is 9.59 Å². The first-order valence-corrected chi connectivity index (χ1v) is 7.91. The SMILES string of the molecule is CC(C)(C)OC(=O)N1CCC(CCc2cc(C(=O)O)on2)CC1. The van der Waals surface area contributed by atoms with Crippen LogP contribution in [0.15, 0.2) is 10.6 Å². The molecule has 1 amide bonds. The number of piperidine rings is 1. The Morgan fingerprint density at radius 3 is 2.57 bits per heavy atom. The van der Waals surface area contributed by atoms with Crippen molar-refractivity contribution in [2.45, 2.75) is 52.1 Å². The third kappa shape index (κ3) is 5.26. The normalized spacial score (nSPS) is 16.4. The molecule has 0 unspecified atom stereocenters. The summed E-state index contributed by atoms with van der Waals surface area (Å²) in [6.07, 6.45) is 3.19. The summed E-state index contributed by atoms with van der Waals surface area (Å²) in [5.41, 5.74) is 0.194. The molecule has 0 radical (unpaired) electrons. The van der Waals surface area contributed by atoms with Gasteiger partial charge in [-0.2, -0.15) is 0 Å². The van der Waals surface area contributed by atoms with Gasteiger partial charge in [0.15, 0.2) is 0 Å². The monoisotopic (exact) mass is 324 g/mol. The third-order valence-electron chi connectivity index (χ3n) is 3.84. The van der Waals surface area contributed by atoms with Gasteiger partial charge in [-0.3, -0.25) is 0 Å². The molecule has 1 aliphatic heterocycles. The van der Waals surface area contributed by atoms with Gasteiger partial charge >= 0.3 is 12.1 Å². The maximum absolute atomic E-state index is 12.0. The van der Waals surface area contributed by atoms with Crippen molar-refractivity contribution >= 4 is 12.1 Å². The Hall–Kier alpha value is -2.05. The number of amides is 1. The summed E-state index contributed by atoms with van der Waals surface area (Å²) in [4.78, 5) is 24.5. The maximum Gasteiger partial charge on any atom is 0.410 e. The lowest BCUT2D eigenvalue weighted by Gasteiger charge is -2.33. The molecule has 0 atom stereocenters. The van der Waals surface area contributed by atoms with Crippen molar-refractivity contribution in [2.75, 3.05) is 13.1 Å². The molecular weight excluding hydrogens is 300 g/mol. The Morgan fingerprint density at radius 2 is 2.04 bits per heavy atom. The van der Waals surface area contributed by atoms with Crippen LogP contribution in [0.2, 0.25) is 0 Å². The Morgan fingerprint density at radius 1 is 1.39 bits per heavy atom. The average Bonchev–Trinajstić information content (AvgIpc) is 2.93. The molecule has 1 N–H and O–H groups in total. The number of aryl methyl sites for hydroxylation is 1. The van der Waals surface area contributed by atoms with Gasteiger partial charge < -0.3 is 19.3 Å². The highest BCUT2D eigenvalue weighted by atomic mass is 16.6. The molecule has 23 heavy (non-hydrogen) atoms. The smallest absolute Gasteiger partial charge is 0.410 e. The van der Waals surface area contributed by atoms with Crippen LogP contribution in [0.3, 0.4) is 0 Å². The number of carbonyl (C=O) groups is 2. The van der Waals surface area contributed by atoms with Gasteiger partial charge in [-0.05, 0) is 52.4 Å². The number of ether oxygens (including phenoxy) is 1. The van der Waals surface area contributed by atoms with E-state index < -0.39 is 11.6 Å². The van der Waals surface area contributed by atoms with E-state index in [4.69, 9.17) is 14.4 Å². The van der Waals surface area contributed by atoms with E-state index in [1.54, 1.807) is 4.90 Å². The topological polar surface area (TPSA) is 92.9 Å². The van der Waals surface area contributed by atoms with Gasteiger partial charge in [0.25, 0.3) is 0 Å². The van der Waals surface area contributed by atoms with Crippen molar-refractivity contribution in [3.8, 4) is 0 Å². The molecule has 1 aromatic rings. The van der Waals surface area contributed by atoms with Crippen LogP contribution in [-0.2, 0) is 11.2 Å². The summed E-state index contributed by atoms with van der Waals surface area (Å²) in [6, 6.07) is 1.47. The number of hydrogen-bond donors (Lipinski definition) is 1. The molecule has 0 bridgehead atoms. The standard InChI is InChI=1S/C16H24N2O5/c1-16(2,3)22-15(21)18-8-6-11(7-9-18)4-5-12-10-13(14(19)20)23-17-12/h10-11H,4-9H2,1-3H3,(H,19,20). The van der Waals surface area contributed by atoms with Crippen LogP contribution in [0.5, 0.6) is 0 Å². The van der Waals surface area contributed by atoms with Gasteiger partial charge in [-0.15, -0.1) is 0 Å². The van der Waals surface area contributed by atoms with E-state index in [0.717, 1.165) is 19.3 Å². The van der Waals surface area contributed by atoms with Crippen molar-refractivity contribution in [3.05, 3.63) is 17.5 Å². The van der Waals surface area contributed by atoms with E-state index >= 15 is 0 Å². The highest BCUT2D eigenvalue weighted by Crippen LogP contribution is 2.23. The lowest BCUT2D eigenvalue weighted by molar-refractivity contribution is 0.0181. The summed E-state index contributed by atoms with van der Waals surface area (Å²) < 4.78 is 10.1. The summed E-state index contributed by atoms with van der Waals surface area (Å²) >= 11 is 0. The van der Waals surface area contributed by atoms with Crippen molar-refractivity contribution in [1.82, 2.24) is 10.1 Å². The van der Waals surface area contributed by atoms with E-state index in [-0.39, 0.29) is 11.9 Å². The first kappa shape index (κ1) is 17.3. The van der Waals surface area contributed by atoms with Gasteiger partial charge in [0.1, 0.15) is 5.60 Å².